The molecule has 0 bridgehead atoms. The van der Waals surface area contributed by atoms with Gasteiger partial charge in [0, 0.05) is 18.6 Å². The van der Waals surface area contributed by atoms with E-state index in [-0.39, 0.29) is 0 Å². The molecule has 3 rings (SSSR count). The molecule has 2 N–H and O–H groups in total. The van der Waals surface area contributed by atoms with Gasteiger partial charge in [0.05, 0.1) is 7.11 Å². The molecule has 0 spiro atoms. The molecule has 1 heterocycles. The van der Waals surface area contributed by atoms with Gasteiger partial charge >= 0.3 is 0 Å². The summed E-state index contributed by atoms with van der Waals surface area (Å²) in [7, 11) is 1.71. The van der Waals surface area contributed by atoms with Gasteiger partial charge in [0.1, 0.15) is 5.75 Å². The molecular weight excluding hydrogens is 260 g/mol. The van der Waals surface area contributed by atoms with E-state index in [0.717, 1.165) is 17.7 Å². The van der Waals surface area contributed by atoms with Gasteiger partial charge in [-0.15, -0.1) is 0 Å². The molecule has 0 radical (unpaired) electrons. The molecule has 116 valence electrons. The van der Waals surface area contributed by atoms with E-state index in [4.69, 9.17) is 10.5 Å². The van der Waals surface area contributed by atoms with Crippen LogP contribution in [0.3, 0.4) is 0 Å². The van der Waals surface area contributed by atoms with Crippen molar-refractivity contribution in [2.75, 3.05) is 20.2 Å². The summed E-state index contributed by atoms with van der Waals surface area (Å²) in [6.45, 7) is 1.91. The summed E-state index contributed by atoms with van der Waals surface area (Å²) in [4.78, 5) is 2.70. The van der Waals surface area contributed by atoms with Gasteiger partial charge in [0.25, 0.3) is 0 Å². The summed E-state index contributed by atoms with van der Waals surface area (Å²) in [6, 6.07) is 9.59. The van der Waals surface area contributed by atoms with Crippen LogP contribution in [0.2, 0.25) is 0 Å². The number of nitrogens with zero attached hydrogens (tertiary/aromatic N) is 1. The molecular formula is C18H28N2O. The van der Waals surface area contributed by atoms with Crippen LogP contribution in [0.25, 0.3) is 0 Å². The molecule has 0 amide bonds. The Bertz CT molecular complexity index is 443. The Balaban J connectivity index is 1.80. The van der Waals surface area contributed by atoms with Gasteiger partial charge in [-0.25, -0.2) is 0 Å². The number of hydrogen-bond donors (Lipinski definition) is 1. The van der Waals surface area contributed by atoms with Gasteiger partial charge in [0.2, 0.25) is 0 Å². The Morgan fingerprint density at radius 1 is 1.14 bits per heavy atom. The Labute approximate surface area is 128 Å². The quantitative estimate of drug-likeness (QED) is 0.923. The van der Waals surface area contributed by atoms with Crippen molar-refractivity contribution in [1.29, 1.82) is 0 Å². The van der Waals surface area contributed by atoms with Crippen LogP contribution in [-0.2, 0) is 0 Å². The molecule has 3 atom stereocenters. The van der Waals surface area contributed by atoms with E-state index < -0.39 is 0 Å². The van der Waals surface area contributed by atoms with E-state index in [2.05, 4.69) is 29.2 Å². The second-order valence-electron chi connectivity index (χ2n) is 6.52. The SMILES string of the molecule is COc1ccc(C(CN)N2CCC[C@H]3CCCC[C@H]32)cc1. The monoisotopic (exact) mass is 288 g/mol. The van der Waals surface area contributed by atoms with Crippen LogP contribution in [0.4, 0.5) is 0 Å². The van der Waals surface area contributed by atoms with Crippen LogP contribution in [0.15, 0.2) is 24.3 Å². The number of benzene rings is 1. The Hall–Kier alpha value is -1.06. The zero-order valence-corrected chi connectivity index (χ0v) is 13.1. The number of methoxy groups -OCH3 is 1. The first-order valence-electron chi connectivity index (χ1n) is 8.43. The highest BCUT2D eigenvalue weighted by molar-refractivity contribution is 5.29. The van der Waals surface area contributed by atoms with Crippen molar-refractivity contribution in [3.63, 3.8) is 0 Å². The molecule has 0 aromatic heterocycles. The molecule has 21 heavy (non-hydrogen) atoms. The lowest BCUT2D eigenvalue weighted by Crippen LogP contribution is -2.49. The average molecular weight is 288 g/mol. The molecule has 1 aromatic carbocycles. The van der Waals surface area contributed by atoms with Crippen molar-refractivity contribution in [3.05, 3.63) is 29.8 Å². The summed E-state index contributed by atoms with van der Waals surface area (Å²) in [5.41, 5.74) is 7.49. The molecule has 2 fully saturated rings. The van der Waals surface area contributed by atoms with Gasteiger partial charge in [-0.3, -0.25) is 4.90 Å². The standard InChI is InChI=1S/C18H28N2O/c1-21-16-10-8-15(9-11-16)18(13-19)20-12-4-6-14-5-2-3-7-17(14)20/h8-11,14,17-18H,2-7,12-13,19H2,1H3/t14-,17-,18?/m1/s1. The fraction of sp³-hybridized carbons (Fsp3) is 0.667. The van der Waals surface area contributed by atoms with Crippen molar-refractivity contribution < 1.29 is 4.74 Å². The Morgan fingerprint density at radius 3 is 2.57 bits per heavy atom. The van der Waals surface area contributed by atoms with Crippen molar-refractivity contribution >= 4 is 0 Å². The van der Waals surface area contributed by atoms with E-state index in [1.54, 1.807) is 7.11 Å². The molecule has 1 saturated carbocycles. The predicted molar refractivity (Wildman–Crippen MR) is 86.5 cm³/mol. The number of likely N-dealkylation sites (tertiary alicyclic amines) is 1. The normalized spacial score (nSPS) is 27.9. The van der Waals surface area contributed by atoms with Crippen molar-refractivity contribution in [2.45, 2.75) is 50.6 Å². The minimum absolute atomic E-state index is 0.363. The molecule has 3 heteroatoms. The third-order valence-electron chi connectivity index (χ3n) is 5.41. The number of piperidine rings is 1. The van der Waals surface area contributed by atoms with Gasteiger partial charge < -0.3 is 10.5 Å². The molecule has 1 unspecified atom stereocenters. The summed E-state index contributed by atoms with van der Waals surface area (Å²) < 4.78 is 5.27. The maximum Gasteiger partial charge on any atom is 0.118 e. The fourth-order valence-electron chi connectivity index (χ4n) is 4.34. The average Bonchev–Trinajstić information content (AvgIpc) is 2.56. The summed E-state index contributed by atoms with van der Waals surface area (Å²) in [5.74, 6) is 1.82. The fourth-order valence-corrected chi connectivity index (χ4v) is 4.34. The van der Waals surface area contributed by atoms with E-state index in [1.807, 2.05) is 0 Å². The van der Waals surface area contributed by atoms with Gasteiger partial charge in [-0.1, -0.05) is 25.0 Å². The van der Waals surface area contributed by atoms with E-state index >= 15 is 0 Å². The van der Waals surface area contributed by atoms with Gasteiger partial charge in [-0.05, 0) is 55.8 Å². The molecule has 1 saturated heterocycles. The molecule has 1 aliphatic carbocycles. The highest BCUT2D eigenvalue weighted by atomic mass is 16.5. The Morgan fingerprint density at radius 2 is 1.86 bits per heavy atom. The second-order valence-corrected chi connectivity index (χ2v) is 6.52. The smallest absolute Gasteiger partial charge is 0.118 e. The first kappa shape index (κ1) is 14.9. The van der Waals surface area contributed by atoms with Crippen LogP contribution in [0.5, 0.6) is 5.75 Å². The largest absolute Gasteiger partial charge is 0.497 e. The summed E-state index contributed by atoms with van der Waals surface area (Å²) in [6.07, 6.45) is 8.33. The van der Waals surface area contributed by atoms with Crippen molar-refractivity contribution in [1.82, 2.24) is 4.90 Å². The van der Waals surface area contributed by atoms with Gasteiger partial charge in [0.15, 0.2) is 0 Å². The maximum atomic E-state index is 6.16. The molecule has 3 nitrogen and oxygen atoms in total. The third-order valence-corrected chi connectivity index (χ3v) is 5.41. The van der Waals surface area contributed by atoms with Crippen LogP contribution in [0.1, 0.15) is 50.1 Å². The third kappa shape index (κ3) is 3.09. The zero-order chi connectivity index (χ0) is 14.7. The lowest BCUT2D eigenvalue weighted by molar-refractivity contribution is 0.0276. The van der Waals surface area contributed by atoms with E-state index in [0.29, 0.717) is 12.6 Å². The molecule has 2 aliphatic rings. The van der Waals surface area contributed by atoms with E-state index in [9.17, 15) is 0 Å². The number of hydrogen-bond acceptors (Lipinski definition) is 3. The topological polar surface area (TPSA) is 38.5 Å². The number of ether oxygens (including phenoxy) is 1. The van der Waals surface area contributed by atoms with Gasteiger partial charge in [-0.2, -0.15) is 0 Å². The first-order chi connectivity index (χ1) is 10.3. The Kier molecular flexibility index (Phi) is 4.81. The lowest BCUT2D eigenvalue weighted by atomic mass is 9.77. The molecule has 1 aliphatic heterocycles. The van der Waals surface area contributed by atoms with E-state index in [1.165, 1.54) is 50.6 Å². The maximum absolute atomic E-state index is 6.16. The number of nitrogens with two attached hydrogens (primary N) is 1. The predicted octanol–water partition coefficient (Wildman–Crippen LogP) is 3.35. The minimum Gasteiger partial charge on any atom is -0.497 e. The van der Waals surface area contributed by atoms with Crippen molar-refractivity contribution in [2.24, 2.45) is 11.7 Å². The lowest BCUT2D eigenvalue weighted by Gasteiger charge is -2.47. The van der Waals surface area contributed by atoms with Crippen LogP contribution in [0, 0.1) is 5.92 Å². The van der Waals surface area contributed by atoms with Crippen LogP contribution < -0.4 is 10.5 Å². The zero-order valence-electron chi connectivity index (χ0n) is 13.1. The van der Waals surface area contributed by atoms with Crippen LogP contribution in [-0.4, -0.2) is 31.1 Å². The minimum atomic E-state index is 0.363. The second kappa shape index (κ2) is 6.80. The number of fused-ring (bicyclic) bond motifs is 1. The highest BCUT2D eigenvalue weighted by Gasteiger charge is 2.36. The van der Waals surface area contributed by atoms with Crippen molar-refractivity contribution in [3.8, 4) is 5.75 Å². The first-order valence-corrected chi connectivity index (χ1v) is 8.43. The number of rotatable bonds is 4. The molecule has 1 aromatic rings. The summed E-state index contributed by atoms with van der Waals surface area (Å²) >= 11 is 0. The highest BCUT2D eigenvalue weighted by Crippen LogP contribution is 2.39. The van der Waals surface area contributed by atoms with Crippen LogP contribution >= 0.6 is 0 Å². The summed E-state index contributed by atoms with van der Waals surface area (Å²) in [5, 5.41) is 0.